The zero-order chi connectivity index (χ0) is 12.8. The van der Waals surface area contributed by atoms with Crippen LogP contribution in [0.2, 0.25) is 10.0 Å². The Bertz CT molecular complexity index is 351. The molecule has 0 heterocycles. The molecule has 0 fully saturated rings. The monoisotopic (exact) mass is 274 g/mol. The predicted octanol–water partition coefficient (Wildman–Crippen LogP) is 3.73. The van der Waals surface area contributed by atoms with Crippen LogP contribution in [0.25, 0.3) is 0 Å². The van der Waals surface area contributed by atoms with Crippen molar-refractivity contribution in [2.75, 3.05) is 19.6 Å². The van der Waals surface area contributed by atoms with Gasteiger partial charge >= 0.3 is 0 Å². The van der Waals surface area contributed by atoms with E-state index in [4.69, 9.17) is 28.9 Å². The highest BCUT2D eigenvalue weighted by Gasteiger charge is 2.12. The molecule has 1 rings (SSSR count). The highest BCUT2D eigenvalue weighted by molar-refractivity contribution is 6.33. The average molecular weight is 275 g/mol. The molecule has 0 saturated carbocycles. The maximum Gasteiger partial charge on any atom is 0.0454 e. The highest BCUT2D eigenvalue weighted by Crippen LogP contribution is 2.26. The quantitative estimate of drug-likeness (QED) is 0.857. The summed E-state index contributed by atoms with van der Waals surface area (Å²) in [5.41, 5.74) is 7.09. The molecule has 2 N–H and O–H groups in total. The number of benzene rings is 1. The van der Waals surface area contributed by atoms with Crippen LogP contribution in [0.15, 0.2) is 18.2 Å². The van der Waals surface area contributed by atoms with Crippen LogP contribution in [0.1, 0.15) is 31.9 Å². The van der Waals surface area contributed by atoms with Gasteiger partial charge in [0.2, 0.25) is 0 Å². The van der Waals surface area contributed by atoms with Crippen LogP contribution < -0.4 is 5.73 Å². The molecule has 0 amide bonds. The summed E-state index contributed by atoms with van der Waals surface area (Å²) in [6, 6.07) is 5.39. The van der Waals surface area contributed by atoms with Gasteiger partial charge in [-0.1, -0.05) is 37.0 Å². The molecule has 1 aromatic carbocycles. The zero-order valence-electron chi connectivity index (χ0n) is 10.4. The van der Waals surface area contributed by atoms with Crippen molar-refractivity contribution in [3.63, 3.8) is 0 Å². The lowest BCUT2D eigenvalue weighted by molar-refractivity contribution is 0.291. The van der Waals surface area contributed by atoms with E-state index >= 15 is 0 Å². The average Bonchev–Trinajstić information content (AvgIpc) is 2.33. The van der Waals surface area contributed by atoms with Gasteiger partial charge < -0.3 is 10.6 Å². The van der Waals surface area contributed by atoms with Crippen LogP contribution in [-0.4, -0.2) is 24.5 Å². The van der Waals surface area contributed by atoms with Gasteiger partial charge in [-0.3, -0.25) is 0 Å². The summed E-state index contributed by atoms with van der Waals surface area (Å²) in [5, 5.41) is 1.38. The Morgan fingerprint density at radius 1 is 1.24 bits per heavy atom. The first kappa shape index (κ1) is 14.8. The van der Waals surface area contributed by atoms with Crippen molar-refractivity contribution in [2.24, 2.45) is 5.73 Å². The molecule has 17 heavy (non-hydrogen) atoms. The maximum absolute atomic E-state index is 6.15. The smallest absolute Gasteiger partial charge is 0.0454 e. The minimum absolute atomic E-state index is 0.0539. The first-order valence-electron chi connectivity index (χ1n) is 6.01. The maximum atomic E-state index is 6.15. The molecule has 0 bridgehead atoms. The molecule has 4 heteroatoms. The Kier molecular flexibility index (Phi) is 6.28. The molecule has 2 nitrogen and oxygen atoms in total. The van der Waals surface area contributed by atoms with Gasteiger partial charge in [0.15, 0.2) is 0 Å². The summed E-state index contributed by atoms with van der Waals surface area (Å²) in [5.74, 6) is 0. The third-order valence-corrected chi connectivity index (χ3v) is 3.59. The standard InChI is InChI=1S/C13H20Cl2N2/c1-3-17(4-2)8-7-13(16)11-9-10(14)5-6-12(11)15/h5-6,9,13H,3-4,7-8,16H2,1-2H3. The minimum Gasteiger partial charge on any atom is -0.324 e. The Balaban J connectivity index is 2.63. The summed E-state index contributed by atoms with van der Waals surface area (Å²) < 4.78 is 0. The lowest BCUT2D eigenvalue weighted by Gasteiger charge is -2.21. The highest BCUT2D eigenvalue weighted by atomic mass is 35.5. The topological polar surface area (TPSA) is 29.3 Å². The second-order valence-corrected chi connectivity index (χ2v) is 4.93. The van der Waals surface area contributed by atoms with Gasteiger partial charge in [0.05, 0.1) is 0 Å². The van der Waals surface area contributed by atoms with Gasteiger partial charge in [0.25, 0.3) is 0 Å². The predicted molar refractivity (Wildman–Crippen MR) is 75.8 cm³/mol. The van der Waals surface area contributed by atoms with Crippen molar-refractivity contribution >= 4 is 23.2 Å². The fourth-order valence-corrected chi connectivity index (χ4v) is 2.25. The number of hydrogen-bond donors (Lipinski definition) is 1. The van der Waals surface area contributed by atoms with Crippen molar-refractivity contribution in [3.05, 3.63) is 33.8 Å². The van der Waals surface area contributed by atoms with Crippen molar-refractivity contribution < 1.29 is 0 Å². The molecule has 96 valence electrons. The third-order valence-electron chi connectivity index (χ3n) is 3.01. The van der Waals surface area contributed by atoms with E-state index in [0.717, 1.165) is 31.6 Å². The Labute approximate surface area is 114 Å². The number of halogens is 2. The van der Waals surface area contributed by atoms with E-state index in [1.54, 1.807) is 12.1 Å². The molecular formula is C13H20Cl2N2. The molecule has 0 aliphatic heterocycles. The van der Waals surface area contributed by atoms with Gasteiger partial charge in [-0.25, -0.2) is 0 Å². The van der Waals surface area contributed by atoms with Crippen LogP contribution in [0.5, 0.6) is 0 Å². The van der Waals surface area contributed by atoms with Crippen LogP contribution in [0.4, 0.5) is 0 Å². The van der Waals surface area contributed by atoms with E-state index in [2.05, 4.69) is 18.7 Å². The van der Waals surface area contributed by atoms with Crippen LogP contribution >= 0.6 is 23.2 Å². The summed E-state index contributed by atoms with van der Waals surface area (Å²) in [4.78, 5) is 2.35. The lowest BCUT2D eigenvalue weighted by Crippen LogP contribution is -2.27. The SMILES string of the molecule is CCN(CC)CCC(N)c1cc(Cl)ccc1Cl. The summed E-state index contributed by atoms with van der Waals surface area (Å²) in [6.45, 7) is 7.39. The summed E-state index contributed by atoms with van der Waals surface area (Å²) in [7, 11) is 0. The van der Waals surface area contributed by atoms with E-state index in [0.29, 0.717) is 10.0 Å². The minimum atomic E-state index is -0.0539. The van der Waals surface area contributed by atoms with E-state index in [-0.39, 0.29) is 6.04 Å². The van der Waals surface area contributed by atoms with Crippen LogP contribution in [0, 0.1) is 0 Å². The molecule has 0 aromatic heterocycles. The molecule has 0 aliphatic rings. The van der Waals surface area contributed by atoms with E-state index in [1.807, 2.05) is 6.07 Å². The number of nitrogens with zero attached hydrogens (tertiary/aromatic N) is 1. The van der Waals surface area contributed by atoms with Gasteiger partial charge in [-0.2, -0.15) is 0 Å². The lowest BCUT2D eigenvalue weighted by atomic mass is 10.0. The van der Waals surface area contributed by atoms with Gasteiger partial charge in [0, 0.05) is 16.1 Å². The summed E-state index contributed by atoms with van der Waals surface area (Å²) in [6.07, 6.45) is 0.891. The van der Waals surface area contributed by atoms with Crippen molar-refractivity contribution in [1.29, 1.82) is 0 Å². The van der Waals surface area contributed by atoms with E-state index in [9.17, 15) is 0 Å². The van der Waals surface area contributed by atoms with Crippen LogP contribution in [-0.2, 0) is 0 Å². The van der Waals surface area contributed by atoms with Crippen LogP contribution in [0.3, 0.4) is 0 Å². The Hall–Kier alpha value is -0.280. The number of nitrogens with two attached hydrogens (primary N) is 1. The molecule has 0 radical (unpaired) electrons. The second-order valence-electron chi connectivity index (χ2n) is 4.09. The molecule has 0 aliphatic carbocycles. The Morgan fingerprint density at radius 2 is 1.88 bits per heavy atom. The molecule has 1 atom stereocenters. The molecule has 1 unspecified atom stereocenters. The van der Waals surface area contributed by atoms with E-state index in [1.165, 1.54) is 0 Å². The fourth-order valence-electron chi connectivity index (χ4n) is 1.82. The first-order valence-corrected chi connectivity index (χ1v) is 6.77. The third kappa shape index (κ3) is 4.47. The first-order chi connectivity index (χ1) is 8.08. The molecule has 0 saturated heterocycles. The van der Waals surface area contributed by atoms with Gasteiger partial charge in [-0.05, 0) is 49.8 Å². The van der Waals surface area contributed by atoms with Crippen molar-refractivity contribution in [1.82, 2.24) is 4.90 Å². The number of hydrogen-bond acceptors (Lipinski definition) is 2. The van der Waals surface area contributed by atoms with Crippen molar-refractivity contribution in [2.45, 2.75) is 26.3 Å². The molecule has 1 aromatic rings. The molecular weight excluding hydrogens is 255 g/mol. The van der Waals surface area contributed by atoms with Crippen molar-refractivity contribution in [3.8, 4) is 0 Å². The number of rotatable bonds is 6. The molecule has 0 spiro atoms. The zero-order valence-corrected chi connectivity index (χ0v) is 11.9. The summed E-state index contributed by atoms with van der Waals surface area (Å²) >= 11 is 12.1. The van der Waals surface area contributed by atoms with Gasteiger partial charge in [0.1, 0.15) is 0 Å². The Morgan fingerprint density at radius 3 is 2.47 bits per heavy atom. The normalized spacial score (nSPS) is 13.1. The van der Waals surface area contributed by atoms with Gasteiger partial charge in [-0.15, -0.1) is 0 Å². The van der Waals surface area contributed by atoms with E-state index < -0.39 is 0 Å². The fraction of sp³-hybridized carbons (Fsp3) is 0.538. The largest absolute Gasteiger partial charge is 0.324 e. The second kappa shape index (κ2) is 7.22.